The molecule has 1 saturated heterocycles. The van der Waals surface area contributed by atoms with E-state index >= 15 is 0 Å². The lowest BCUT2D eigenvalue weighted by molar-refractivity contribution is -0.124. The first-order chi connectivity index (χ1) is 13.1. The summed E-state index contributed by atoms with van der Waals surface area (Å²) in [7, 11) is 0. The van der Waals surface area contributed by atoms with E-state index in [1.165, 1.54) is 11.3 Å². The summed E-state index contributed by atoms with van der Waals surface area (Å²) in [6, 6.07) is 8.06. The molecule has 8 heteroatoms. The molecule has 1 fully saturated rings. The Kier molecular flexibility index (Phi) is 4.91. The number of likely N-dealkylation sites (tertiary alicyclic amines) is 1. The number of nitrogens with zero attached hydrogens (tertiary/aromatic N) is 2. The second kappa shape index (κ2) is 7.50. The number of benzene rings is 1. The first kappa shape index (κ1) is 17.7. The molecule has 4 N–H and O–H groups in total. The number of aromatic nitrogens is 2. The van der Waals surface area contributed by atoms with Crippen LogP contribution >= 0.6 is 11.3 Å². The number of aromatic amines is 1. The molecule has 2 amide bonds. The Labute approximate surface area is 160 Å². The summed E-state index contributed by atoms with van der Waals surface area (Å²) in [4.78, 5) is 33.5. The molecule has 1 aromatic carbocycles. The van der Waals surface area contributed by atoms with Gasteiger partial charge < -0.3 is 16.0 Å². The van der Waals surface area contributed by atoms with Crippen molar-refractivity contribution in [2.45, 2.75) is 12.8 Å². The number of hydrogen-bond donors (Lipinski definition) is 3. The van der Waals surface area contributed by atoms with Gasteiger partial charge in [0, 0.05) is 34.6 Å². The summed E-state index contributed by atoms with van der Waals surface area (Å²) >= 11 is 1.42. The quantitative estimate of drug-likeness (QED) is 0.629. The lowest BCUT2D eigenvalue weighted by Gasteiger charge is -2.30. The van der Waals surface area contributed by atoms with Gasteiger partial charge in [0.05, 0.1) is 18.2 Å². The van der Waals surface area contributed by atoms with Gasteiger partial charge in [0.2, 0.25) is 11.8 Å². The molecule has 140 valence electrons. The molecule has 0 aliphatic carbocycles. The normalized spacial score (nSPS) is 17.9. The Morgan fingerprint density at radius 2 is 2.22 bits per heavy atom. The lowest BCUT2D eigenvalue weighted by Crippen LogP contribution is -2.44. The number of carbonyl (C=O) groups is 2. The van der Waals surface area contributed by atoms with Crippen LogP contribution in [0.15, 0.2) is 35.8 Å². The van der Waals surface area contributed by atoms with Crippen LogP contribution in [-0.4, -0.2) is 46.3 Å². The number of H-pyrrole nitrogens is 1. The molecular formula is C19H21N5O2S. The van der Waals surface area contributed by atoms with Crippen LogP contribution in [0.3, 0.4) is 0 Å². The number of amides is 2. The highest BCUT2D eigenvalue weighted by Gasteiger charge is 2.27. The molecular weight excluding hydrogens is 362 g/mol. The summed E-state index contributed by atoms with van der Waals surface area (Å²) in [5.74, 6) is -0.568. The zero-order valence-electron chi connectivity index (χ0n) is 14.8. The van der Waals surface area contributed by atoms with E-state index in [2.05, 4.69) is 15.3 Å². The third-order valence-corrected chi connectivity index (χ3v) is 5.61. The molecule has 0 radical (unpaired) electrons. The Balaban J connectivity index is 1.44. The highest BCUT2D eigenvalue weighted by Crippen LogP contribution is 2.31. The first-order valence-electron chi connectivity index (χ1n) is 8.93. The van der Waals surface area contributed by atoms with Crippen molar-refractivity contribution in [3.63, 3.8) is 0 Å². The van der Waals surface area contributed by atoms with Crippen LogP contribution in [0.1, 0.15) is 12.8 Å². The second-order valence-corrected chi connectivity index (χ2v) is 7.67. The predicted octanol–water partition coefficient (Wildman–Crippen LogP) is 2.43. The van der Waals surface area contributed by atoms with Gasteiger partial charge >= 0.3 is 0 Å². The van der Waals surface area contributed by atoms with E-state index in [1.807, 2.05) is 40.7 Å². The van der Waals surface area contributed by atoms with Crippen LogP contribution in [0.4, 0.5) is 5.13 Å². The van der Waals surface area contributed by atoms with E-state index in [0.29, 0.717) is 11.7 Å². The third kappa shape index (κ3) is 3.86. The predicted molar refractivity (Wildman–Crippen MR) is 106 cm³/mol. The minimum Gasteiger partial charge on any atom is -0.369 e. The standard InChI is InChI=1S/C19H21N5O2S/c20-17(25)10-24-7-3-4-12(9-24)18(26)23-19-22-16(11-27-19)14-8-21-15-6-2-1-5-13(14)15/h1-2,5-6,8,11-12,21H,3-4,7,9-10H2,(H2,20,25)(H,22,23,26). The van der Waals surface area contributed by atoms with Crippen molar-refractivity contribution in [3.8, 4) is 11.3 Å². The third-order valence-electron chi connectivity index (χ3n) is 4.86. The minimum absolute atomic E-state index is 0.0519. The van der Waals surface area contributed by atoms with E-state index in [9.17, 15) is 9.59 Å². The molecule has 27 heavy (non-hydrogen) atoms. The van der Waals surface area contributed by atoms with Crippen molar-refractivity contribution in [2.75, 3.05) is 25.0 Å². The number of nitrogens with two attached hydrogens (primary N) is 1. The average molecular weight is 383 g/mol. The monoisotopic (exact) mass is 383 g/mol. The van der Waals surface area contributed by atoms with Gasteiger partial charge in [-0.05, 0) is 25.5 Å². The van der Waals surface area contributed by atoms with Crippen molar-refractivity contribution in [3.05, 3.63) is 35.8 Å². The fourth-order valence-electron chi connectivity index (χ4n) is 3.58. The minimum atomic E-state index is -0.362. The molecule has 0 saturated carbocycles. The number of hydrogen-bond acceptors (Lipinski definition) is 5. The summed E-state index contributed by atoms with van der Waals surface area (Å²) < 4.78 is 0. The Morgan fingerprint density at radius 1 is 1.37 bits per heavy atom. The van der Waals surface area contributed by atoms with E-state index in [0.717, 1.165) is 41.5 Å². The zero-order valence-corrected chi connectivity index (χ0v) is 15.6. The van der Waals surface area contributed by atoms with E-state index in [4.69, 9.17) is 5.73 Å². The van der Waals surface area contributed by atoms with Crippen molar-refractivity contribution in [1.82, 2.24) is 14.9 Å². The average Bonchev–Trinajstić information content (AvgIpc) is 3.28. The molecule has 7 nitrogen and oxygen atoms in total. The number of nitrogens with one attached hydrogen (secondary N) is 2. The fourth-order valence-corrected chi connectivity index (χ4v) is 4.29. The van der Waals surface area contributed by atoms with E-state index < -0.39 is 0 Å². The number of primary amides is 1. The highest BCUT2D eigenvalue weighted by atomic mass is 32.1. The molecule has 1 unspecified atom stereocenters. The number of para-hydroxylation sites is 1. The smallest absolute Gasteiger partial charge is 0.231 e. The molecule has 2 aromatic heterocycles. The van der Waals surface area contributed by atoms with Gasteiger partial charge in [0.1, 0.15) is 0 Å². The largest absolute Gasteiger partial charge is 0.369 e. The number of rotatable bonds is 5. The van der Waals surface area contributed by atoms with Crippen LogP contribution < -0.4 is 11.1 Å². The summed E-state index contributed by atoms with van der Waals surface area (Å²) in [6.07, 6.45) is 3.62. The molecule has 1 atom stereocenters. The summed E-state index contributed by atoms with van der Waals surface area (Å²) in [5, 5.41) is 6.58. The maximum Gasteiger partial charge on any atom is 0.231 e. The molecule has 3 aromatic rings. The van der Waals surface area contributed by atoms with Gasteiger partial charge in [0.15, 0.2) is 5.13 Å². The van der Waals surface area contributed by atoms with Crippen molar-refractivity contribution >= 4 is 39.2 Å². The van der Waals surface area contributed by atoms with Crippen LogP contribution in [-0.2, 0) is 9.59 Å². The highest BCUT2D eigenvalue weighted by molar-refractivity contribution is 7.14. The van der Waals surface area contributed by atoms with Crippen LogP contribution in [0, 0.1) is 5.92 Å². The van der Waals surface area contributed by atoms with Crippen molar-refractivity contribution < 1.29 is 9.59 Å². The number of fused-ring (bicyclic) bond motifs is 1. The van der Waals surface area contributed by atoms with Crippen molar-refractivity contribution in [2.24, 2.45) is 11.7 Å². The fraction of sp³-hybridized carbons (Fsp3) is 0.316. The summed E-state index contributed by atoms with van der Waals surface area (Å²) in [6.45, 7) is 1.55. The van der Waals surface area contributed by atoms with Crippen molar-refractivity contribution in [1.29, 1.82) is 0 Å². The number of anilines is 1. The second-order valence-electron chi connectivity index (χ2n) is 6.82. The van der Waals surface area contributed by atoms with Gasteiger partial charge in [0.25, 0.3) is 0 Å². The topological polar surface area (TPSA) is 104 Å². The van der Waals surface area contributed by atoms with Gasteiger partial charge in [-0.2, -0.15) is 0 Å². The molecule has 0 bridgehead atoms. The van der Waals surface area contributed by atoms with Gasteiger partial charge in [-0.1, -0.05) is 18.2 Å². The lowest BCUT2D eigenvalue weighted by atomic mass is 9.97. The molecule has 1 aliphatic rings. The Bertz CT molecular complexity index is 979. The Hall–Kier alpha value is -2.71. The van der Waals surface area contributed by atoms with E-state index in [1.54, 1.807) is 0 Å². The van der Waals surface area contributed by atoms with E-state index in [-0.39, 0.29) is 24.3 Å². The molecule has 0 spiro atoms. The maximum atomic E-state index is 12.6. The number of thiazole rings is 1. The molecule has 4 rings (SSSR count). The SMILES string of the molecule is NC(=O)CN1CCCC(C(=O)Nc2nc(-c3c[nH]c4ccccc34)cs2)C1. The number of carbonyl (C=O) groups excluding carboxylic acids is 2. The maximum absolute atomic E-state index is 12.6. The van der Waals surface area contributed by atoms with Crippen LogP contribution in [0.5, 0.6) is 0 Å². The number of piperidine rings is 1. The van der Waals surface area contributed by atoms with Gasteiger partial charge in [-0.15, -0.1) is 11.3 Å². The van der Waals surface area contributed by atoms with Crippen LogP contribution in [0.25, 0.3) is 22.2 Å². The van der Waals surface area contributed by atoms with Gasteiger partial charge in [-0.3, -0.25) is 14.5 Å². The first-order valence-corrected chi connectivity index (χ1v) is 9.81. The summed E-state index contributed by atoms with van der Waals surface area (Å²) in [5.41, 5.74) is 8.18. The van der Waals surface area contributed by atoms with Crippen LogP contribution in [0.2, 0.25) is 0 Å². The molecule has 1 aliphatic heterocycles. The van der Waals surface area contributed by atoms with Gasteiger partial charge in [-0.25, -0.2) is 4.98 Å². The molecule has 3 heterocycles. The Morgan fingerprint density at radius 3 is 3.07 bits per heavy atom. The zero-order chi connectivity index (χ0) is 18.8.